The Morgan fingerprint density at radius 3 is 2.27 bits per heavy atom. The van der Waals surface area contributed by atoms with Crippen molar-refractivity contribution in [1.82, 2.24) is 4.90 Å². The summed E-state index contributed by atoms with van der Waals surface area (Å²) in [6, 6.07) is 15.0. The molecule has 0 spiro atoms. The second-order valence-corrected chi connectivity index (χ2v) is 9.17. The van der Waals surface area contributed by atoms with E-state index < -0.39 is 0 Å². The van der Waals surface area contributed by atoms with E-state index in [0.717, 1.165) is 32.5 Å². The van der Waals surface area contributed by atoms with Crippen LogP contribution in [-0.2, 0) is 16.1 Å². The van der Waals surface area contributed by atoms with Crippen molar-refractivity contribution < 1.29 is 14.3 Å². The molecule has 4 rings (SSSR count). The molecule has 2 aromatic carbocycles. The van der Waals surface area contributed by atoms with Gasteiger partial charge >= 0.3 is 0 Å². The predicted octanol–water partition coefficient (Wildman–Crippen LogP) is 4.84. The average molecular weight is 448 g/mol. The molecular weight excluding hydrogens is 414 g/mol. The van der Waals surface area contributed by atoms with E-state index in [9.17, 15) is 9.59 Å². The molecule has 0 bridgehead atoms. The topological polar surface area (TPSA) is 70.7 Å². The number of nitrogens with one attached hydrogen (secondary N) is 2. The van der Waals surface area contributed by atoms with Gasteiger partial charge in [0.15, 0.2) is 0 Å². The molecule has 0 radical (unpaired) electrons. The lowest BCUT2D eigenvalue weighted by Crippen LogP contribution is -2.44. The van der Waals surface area contributed by atoms with Crippen molar-refractivity contribution in [3.05, 3.63) is 71.8 Å². The molecule has 1 aliphatic heterocycles. The molecular formula is C27H33N3O3. The summed E-state index contributed by atoms with van der Waals surface area (Å²) in [6.45, 7) is 6.85. The van der Waals surface area contributed by atoms with Crippen molar-refractivity contribution in [2.24, 2.45) is 5.92 Å². The third-order valence-electron chi connectivity index (χ3n) is 6.13. The molecule has 6 heteroatoms. The summed E-state index contributed by atoms with van der Waals surface area (Å²) in [5, 5.41) is 5.90. The second-order valence-electron chi connectivity index (χ2n) is 9.17. The molecule has 174 valence electrons. The number of hydrogen-bond donors (Lipinski definition) is 2. The molecule has 3 atom stereocenters. The largest absolute Gasteiger partial charge is 0.373 e. The molecule has 33 heavy (non-hydrogen) atoms. The van der Waals surface area contributed by atoms with E-state index in [0.29, 0.717) is 29.3 Å². The van der Waals surface area contributed by atoms with Crippen LogP contribution in [0.1, 0.15) is 49.0 Å². The highest BCUT2D eigenvalue weighted by Gasteiger charge is 2.22. The summed E-state index contributed by atoms with van der Waals surface area (Å²) in [4.78, 5) is 27.7. The lowest BCUT2D eigenvalue weighted by Gasteiger charge is -2.35. The van der Waals surface area contributed by atoms with E-state index in [1.807, 2.05) is 42.5 Å². The van der Waals surface area contributed by atoms with Gasteiger partial charge in [0.2, 0.25) is 5.91 Å². The summed E-state index contributed by atoms with van der Waals surface area (Å²) in [5.74, 6) is 0.0640. The van der Waals surface area contributed by atoms with Gasteiger partial charge in [-0.25, -0.2) is 0 Å². The van der Waals surface area contributed by atoms with Gasteiger partial charge in [0.1, 0.15) is 0 Å². The summed E-state index contributed by atoms with van der Waals surface area (Å²) in [6.07, 6.45) is 7.21. The van der Waals surface area contributed by atoms with Gasteiger partial charge in [-0.1, -0.05) is 36.4 Å². The van der Waals surface area contributed by atoms with Crippen molar-refractivity contribution in [3.8, 4) is 0 Å². The van der Waals surface area contributed by atoms with Crippen LogP contribution in [-0.4, -0.2) is 42.0 Å². The number of carbonyl (C=O) groups is 2. The van der Waals surface area contributed by atoms with Crippen molar-refractivity contribution in [2.45, 2.75) is 51.9 Å². The minimum absolute atomic E-state index is 0.0376. The molecule has 2 aliphatic rings. The van der Waals surface area contributed by atoms with Gasteiger partial charge in [0.25, 0.3) is 5.91 Å². The normalized spacial score (nSPS) is 22.8. The van der Waals surface area contributed by atoms with Crippen LogP contribution in [0.3, 0.4) is 0 Å². The van der Waals surface area contributed by atoms with Crippen LogP contribution in [0.2, 0.25) is 0 Å². The molecule has 1 aliphatic carbocycles. The van der Waals surface area contributed by atoms with Crippen LogP contribution in [0.5, 0.6) is 0 Å². The number of anilines is 2. The van der Waals surface area contributed by atoms with Gasteiger partial charge in [-0.3, -0.25) is 14.5 Å². The number of benzene rings is 2. The van der Waals surface area contributed by atoms with E-state index in [1.165, 1.54) is 5.56 Å². The summed E-state index contributed by atoms with van der Waals surface area (Å²) < 4.78 is 5.80. The number of rotatable bonds is 7. The fourth-order valence-electron chi connectivity index (χ4n) is 4.63. The maximum absolute atomic E-state index is 12.9. The molecule has 0 aromatic heterocycles. The summed E-state index contributed by atoms with van der Waals surface area (Å²) in [7, 11) is 0. The molecule has 1 fully saturated rings. The Labute approximate surface area is 196 Å². The van der Waals surface area contributed by atoms with Gasteiger partial charge in [-0.05, 0) is 62.4 Å². The van der Waals surface area contributed by atoms with Gasteiger partial charge in [0, 0.05) is 31.6 Å². The number of morpholine rings is 1. The molecule has 0 saturated carbocycles. The van der Waals surface area contributed by atoms with E-state index in [1.54, 1.807) is 6.07 Å². The Balaban J connectivity index is 1.35. The number of ether oxygens (including phenoxy) is 1. The van der Waals surface area contributed by atoms with Gasteiger partial charge in [-0.15, -0.1) is 0 Å². The number of carbonyl (C=O) groups excluding carboxylic acids is 2. The zero-order chi connectivity index (χ0) is 23.2. The highest BCUT2D eigenvalue weighted by molar-refractivity contribution is 6.07. The van der Waals surface area contributed by atoms with Crippen molar-refractivity contribution in [1.29, 1.82) is 0 Å². The number of amides is 2. The molecule has 1 saturated heterocycles. The summed E-state index contributed by atoms with van der Waals surface area (Å²) in [5.41, 5.74) is 2.96. The van der Waals surface area contributed by atoms with Crippen molar-refractivity contribution in [3.63, 3.8) is 0 Å². The molecule has 2 N–H and O–H groups in total. The van der Waals surface area contributed by atoms with Crippen LogP contribution in [0.25, 0.3) is 0 Å². The number of nitrogens with zero attached hydrogens (tertiary/aromatic N) is 1. The fraction of sp³-hybridized carbons (Fsp3) is 0.407. The number of hydrogen-bond acceptors (Lipinski definition) is 4. The molecule has 6 nitrogen and oxygen atoms in total. The standard InChI is InChI=1S/C27H33N3O3/c1-19-16-30(17-20(2)33-19)18-22-11-13-23(14-12-22)27(32)29-25-10-6-5-9-24(25)28-26(31)15-21-7-3-4-8-21/h3,5-7,9-14,19-21H,4,8,15-18H2,1-2H3,(H,28,31)(H,29,32). The number of para-hydroxylation sites is 2. The quantitative estimate of drug-likeness (QED) is 0.596. The lowest BCUT2D eigenvalue weighted by molar-refractivity contribution is -0.116. The van der Waals surface area contributed by atoms with Gasteiger partial charge in [0.05, 0.1) is 23.6 Å². The molecule has 3 unspecified atom stereocenters. The second kappa shape index (κ2) is 10.8. The first-order valence-corrected chi connectivity index (χ1v) is 11.8. The SMILES string of the molecule is CC1CN(Cc2ccc(C(=O)Nc3ccccc3NC(=O)CC3C=CCC3)cc2)CC(C)O1. The first-order chi connectivity index (χ1) is 16.0. The van der Waals surface area contributed by atoms with Crippen LogP contribution < -0.4 is 10.6 Å². The number of allylic oxidation sites excluding steroid dienone is 2. The summed E-state index contributed by atoms with van der Waals surface area (Å²) >= 11 is 0. The first-order valence-electron chi connectivity index (χ1n) is 11.8. The minimum Gasteiger partial charge on any atom is -0.373 e. The van der Waals surface area contributed by atoms with Crippen molar-refractivity contribution in [2.75, 3.05) is 23.7 Å². The lowest BCUT2D eigenvalue weighted by atomic mass is 10.0. The zero-order valence-electron chi connectivity index (χ0n) is 19.4. The van der Waals surface area contributed by atoms with Gasteiger partial charge in [-0.2, -0.15) is 0 Å². The highest BCUT2D eigenvalue weighted by Crippen LogP contribution is 2.25. The Morgan fingerprint density at radius 2 is 1.64 bits per heavy atom. The Kier molecular flexibility index (Phi) is 7.57. The third-order valence-corrected chi connectivity index (χ3v) is 6.13. The third kappa shape index (κ3) is 6.53. The van der Waals surface area contributed by atoms with E-state index in [-0.39, 0.29) is 24.0 Å². The smallest absolute Gasteiger partial charge is 0.255 e. The maximum Gasteiger partial charge on any atom is 0.255 e. The maximum atomic E-state index is 12.9. The Morgan fingerprint density at radius 1 is 0.970 bits per heavy atom. The molecule has 2 aromatic rings. The van der Waals surface area contributed by atoms with E-state index in [2.05, 4.69) is 41.5 Å². The van der Waals surface area contributed by atoms with Crippen LogP contribution in [0.15, 0.2) is 60.7 Å². The van der Waals surface area contributed by atoms with Gasteiger partial charge < -0.3 is 15.4 Å². The zero-order valence-corrected chi connectivity index (χ0v) is 19.4. The van der Waals surface area contributed by atoms with Crippen LogP contribution >= 0.6 is 0 Å². The minimum atomic E-state index is -0.199. The van der Waals surface area contributed by atoms with E-state index in [4.69, 9.17) is 4.74 Å². The van der Waals surface area contributed by atoms with E-state index >= 15 is 0 Å². The Hall–Kier alpha value is -2.96. The molecule has 2 amide bonds. The predicted molar refractivity (Wildman–Crippen MR) is 131 cm³/mol. The monoisotopic (exact) mass is 447 g/mol. The average Bonchev–Trinajstić information content (AvgIpc) is 3.28. The highest BCUT2D eigenvalue weighted by atomic mass is 16.5. The molecule has 1 heterocycles. The van der Waals surface area contributed by atoms with Crippen LogP contribution in [0.4, 0.5) is 11.4 Å². The Bertz CT molecular complexity index is 992. The first kappa shape index (κ1) is 23.2. The van der Waals surface area contributed by atoms with Crippen molar-refractivity contribution >= 4 is 23.2 Å². The fourth-order valence-corrected chi connectivity index (χ4v) is 4.63. The van der Waals surface area contributed by atoms with Crippen LogP contribution in [0, 0.1) is 5.92 Å².